The van der Waals surface area contributed by atoms with Gasteiger partial charge in [-0.25, -0.2) is 9.78 Å². The molecule has 2 heterocycles. The summed E-state index contributed by atoms with van der Waals surface area (Å²) < 4.78 is 5.41. The third kappa shape index (κ3) is 4.04. The van der Waals surface area contributed by atoms with Gasteiger partial charge in [-0.2, -0.15) is 0 Å². The first-order valence-electron chi connectivity index (χ1n) is 9.81. The Morgan fingerprint density at radius 3 is 2.74 bits per heavy atom. The zero-order valence-corrected chi connectivity index (χ0v) is 16.5. The SMILES string of the molecule is Cc1ccc2nc(Cl)c(CN(C(=O)N3CCOCC3)C3CCCC3)cc2c1. The number of pyridine rings is 1. The van der Waals surface area contributed by atoms with Crippen molar-refractivity contribution >= 4 is 28.5 Å². The van der Waals surface area contributed by atoms with Crippen LogP contribution in [-0.2, 0) is 11.3 Å². The number of morpholine rings is 1. The second-order valence-electron chi connectivity index (χ2n) is 7.58. The summed E-state index contributed by atoms with van der Waals surface area (Å²) in [5, 5.41) is 1.56. The van der Waals surface area contributed by atoms with Gasteiger partial charge in [-0.1, -0.05) is 36.1 Å². The second-order valence-corrected chi connectivity index (χ2v) is 7.94. The van der Waals surface area contributed by atoms with E-state index in [1.54, 1.807) is 0 Å². The van der Waals surface area contributed by atoms with Gasteiger partial charge in [0.2, 0.25) is 0 Å². The first-order valence-corrected chi connectivity index (χ1v) is 10.2. The second kappa shape index (κ2) is 8.03. The fourth-order valence-electron chi connectivity index (χ4n) is 4.12. The van der Waals surface area contributed by atoms with Crippen molar-refractivity contribution in [3.05, 3.63) is 40.5 Å². The number of aryl methyl sites for hydroxylation is 1. The van der Waals surface area contributed by atoms with E-state index in [9.17, 15) is 4.79 Å². The van der Waals surface area contributed by atoms with Crippen LogP contribution in [0.25, 0.3) is 10.9 Å². The normalized spacial score (nSPS) is 18.2. The molecule has 1 saturated carbocycles. The zero-order valence-electron chi connectivity index (χ0n) is 15.8. The number of carbonyl (C=O) groups is 1. The Balaban J connectivity index is 1.63. The summed E-state index contributed by atoms with van der Waals surface area (Å²) in [4.78, 5) is 21.7. The number of amides is 2. The summed E-state index contributed by atoms with van der Waals surface area (Å²) >= 11 is 6.50. The van der Waals surface area contributed by atoms with E-state index in [-0.39, 0.29) is 12.1 Å². The number of ether oxygens (including phenoxy) is 1. The lowest BCUT2D eigenvalue weighted by Gasteiger charge is -2.36. The van der Waals surface area contributed by atoms with E-state index in [0.29, 0.717) is 38.0 Å². The minimum absolute atomic E-state index is 0.102. The molecule has 0 unspecified atom stereocenters. The minimum Gasteiger partial charge on any atom is -0.378 e. The van der Waals surface area contributed by atoms with Crippen molar-refractivity contribution < 1.29 is 9.53 Å². The maximum Gasteiger partial charge on any atom is 0.320 e. The molecule has 27 heavy (non-hydrogen) atoms. The van der Waals surface area contributed by atoms with Crippen molar-refractivity contribution in [3.63, 3.8) is 0 Å². The Morgan fingerprint density at radius 2 is 2.00 bits per heavy atom. The van der Waals surface area contributed by atoms with E-state index in [4.69, 9.17) is 16.3 Å². The number of aromatic nitrogens is 1. The molecule has 2 amide bonds. The number of rotatable bonds is 3. The molecule has 2 aliphatic rings. The zero-order chi connectivity index (χ0) is 18.8. The fraction of sp³-hybridized carbons (Fsp3) is 0.524. The number of hydrogen-bond donors (Lipinski definition) is 0. The smallest absolute Gasteiger partial charge is 0.320 e. The molecule has 1 aliphatic carbocycles. The molecular formula is C21H26ClN3O2. The van der Waals surface area contributed by atoms with Gasteiger partial charge in [0.15, 0.2) is 0 Å². The van der Waals surface area contributed by atoms with Gasteiger partial charge in [0.05, 0.1) is 25.3 Å². The summed E-state index contributed by atoms with van der Waals surface area (Å²) in [5.74, 6) is 0. The van der Waals surface area contributed by atoms with Gasteiger partial charge >= 0.3 is 6.03 Å². The van der Waals surface area contributed by atoms with Crippen molar-refractivity contribution in [2.24, 2.45) is 0 Å². The highest BCUT2D eigenvalue weighted by molar-refractivity contribution is 6.30. The molecule has 5 nitrogen and oxygen atoms in total. The predicted molar refractivity (Wildman–Crippen MR) is 107 cm³/mol. The van der Waals surface area contributed by atoms with E-state index < -0.39 is 0 Å². The van der Waals surface area contributed by atoms with Gasteiger partial charge in [0.25, 0.3) is 0 Å². The van der Waals surface area contributed by atoms with Crippen LogP contribution >= 0.6 is 11.6 Å². The number of urea groups is 1. The molecule has 144 valence electrons. The first kappa shape index (κ1) is 18.5. The van der Waals surface area contributed by atoms with Crippen LogP contribution < -0.4 is 0 Å². The third-order valence-electron chi connectivity index (χ3n) is 5.63. The number of nitrogens with zero attached hydrogens (tertiary/aromatic N) is 3. The molecule has 1 aliphatic heterocycles. The number of fused-ring (bicyclic) bond motifs is 1. The summed E-state index contributed by atoms with van der Waals surface area (Å²) in [7, 11) is 0. The molecule has 1 aromatic heterocycles. The van der Waals surface area contributed by atoms with E-state index in [1.165, 1.54) is 18.4 Å². The molecule has 0 radical (unpaired) electrons. The van der Waals surface area contributed by atoms with Crippen LogP contribution in [0.4, 0.5) is 4.79 Å². The standard InChI is InChI=1S/C21H26ClN3O2/c1-15-6-7-19-16(12-15)13-17(20(22)23-19)14-25(18-4-2-3-5-18)21(26)24-8-10-27-11-9-24/h6-7,12-13,18H,2-5,8-11,14H2,1H3. The molecule has 0 atom stereocenters. The molecule has 0 bridgehead atoms. The van der Waals surface area contributed by atoms with Crippen LogP contribution in [0.5, 0.6) is 0 Å². The Morgan fingerprint density at radius 1 is 1.26 bits per heavy atom. The van der Waals surface area contributed by atoms with Gasteiger partial charge in [0, 0.05) is 30.1 Å². The van der Waals surface area contributed by atoms with Crippen molar-refractivity contribution in [3.8, 4) is 0 Å². The molecule has 2 fully saturated rings. The summed E-state index contributed by atoms with van der Waals surface area (Å²) in [6, 6.07) is 8.62. The Kier molecular flexibility index (Phi) is 5.50. The topological polar surface area (TPSA) is 45.7 Å². The lowest BCUT2D eigenvalue weighted by atomic mass is 10.1. The first-order chi connectivity index (χ1) is 13.1. The molecule has 2 aromatic rings. The maximum absolute atomic E-state index is 13.3. The molecule has 0 spiro atoms. The summed E-state index contributed by atoms with van der Waals surface area (Å²) in [6.07, 6.45) is 4.49. The highest BCUT2D eigenvalue weighted by Crippen LogP contribution is 2.29. The number of hydrogen-bond acceptors (Lipinski definition) is 3. The quantitative estimate of drug-likeness (QED) is 0.733. The summed E-state index contributed by atoms with van der Waals surface area (Å²) in [6.45, 7) is 5.12. The lowest BCUT2D eigenvalue weighted by molar-refractivity contribution is 0.0383. The van der Waals surface area contributed by atoms with Crippen LogP contribution in [0, 0.1) is 6.92 Å². The van der Waals surface area contributed by atoms with Crippen LogP contribution in [0.2, 0.25) is 5.15 Å². The van der Waals surface area contributed by atoms with Crippen LogP contribution in [0.15, 0.2) is 24.3 Å². The number of halogens is 1. The Labute approximate surface area is 165 Å². The van der Waals surface area contributed by atoms with Crippen molar-refractivity contribution in [1.82, 2.24) is 14.8 Å². The van der Waals surface area contributed by atoms with Crippen LogP contribution in [-0.4, -0.2) is 53.2 Å². The average Bonchev–Trinajstić information content (AvgIpc) is 3.21. The average molecular weight is 388 g/mol. The molecule has 1 aromatic carbocycles. The highest BCUT2D eigenvalue weighted by atomic mass is 35.5. The molecule has 0 N–H and O–H groups in total. The van der Waals surface area contributed by atoms with Crippen LogP contribution in [0.1, 0.15) is 36.8 Å². The van der Waals surface area contributed by atoms with Gasteiger partial charge in [-0.3, -0.25) is 0 Å². The largest absolute Gasteiger partial charge is 0.378 e. The highest BCUT2D eigenvalue weighted by Gasteiger charge is 2.31. The Hall–Kier alpha value is -1.85. The molecule has 1 saturated heterocycles. The predicted octanol–water partition coefficient (Wildman–Crippen LogP) is 4.39. The molecule has 4 rings (SSSR count). The van der Waals surface area contributed by atoms with Gasteiger partial charge in [-0.15, -0.1) is 0 Å². The third-order valence-corrected chi connectivity index (χ3v) is 5.96. The van der Waals surface area contributed by atoms with E-state index in [0.717, 1.165) is 29.3 Å². The van der Waals surface area contributed by atoms with E-state index in [2.05, 4.69) is 24.0 Å². The van der Waals surface area contributed by atoms with Gasteiger partial charge < -0.3 is 14.5 Å². The molecular weight excluding hydrogens is 362 g/mol. The van der Waals surface area contributed by atoms with Gasteiger partial charge in [-0.05, 0) is 38.0 Å². The van der Waals surface area contributed by atoms with Crippen molar-refractivity contribution in [2.75, 3.05) is 26.3 Å². The van der Waals surface area contributed by atoms with E-state index in [1.807, 2.05) is 21.9 Å². The maximum atomic E-state index is 13.3. The Bertz CT molecular complexity index is 830. The monoisotopic (exact) mass is 387 g/mol. The van der Waals surface area contributed by atoms with Crippen molar-refractivity contribution in [2.45, 2.75) is 45.2 Å². The minimum atomic E-state index is 0.102. The number of benzene rings is 1. The number of carbonyl (C=O) groups excluding carboxylic acids is 1. The van der Waals surface area contributed by atoms with Gasteiger partial charge in [0.1, 0.15) is 5.15 Å². The van der Waals surface area contributed by atoms with Crippen molar-refractivity contribution in [1.29, 1.82) is 0 Å². The lowest BCUT2D eigenvalue weighted by Crippen LogP contribution is -2.50. The summed E-state index contributed by atoms with van der Waals surface area (Å²) in [5.41, 5.74) is 3.00. The van der Waals surface area contributed by atoms with E-state index >= 15 is 0 Å². The van der Waals surface area contributed by atoms with Crippen LogP contribution in [0.3, 0.4) is 0 Å². The fourth-order valence-corrected chi connectivity index (χ4v) is 4.32. The molecule has 6 heteroatoms.